The average molecular weight is 407 g/mol. The van der Waals surface area contributed by atoms with Crippen LogP contribution in [0.3, 0.4) is 0 Å². The van der Waals surface area contributed by atoms with Crippen LogP contribution in [0.25, 0.3) is 0 Å². The smallest absolute Gasteiger partial charge is 0.256 e. The van der Waals surface area contributed by atoms with Crippen LogP contribution in [0.5, 0.6) is 0 Å². The monoisotopic (exact) mass is 406 g/mol. The van der Waals surface area contributed by atoms with Crippen LogP contribution in [0.15, 0.2) is 35.2 Å². The van der Waals surface area contributed by atoms with Gasteiger partial charge in [-0.3, -0.25) is 9.48 Å². The molecule has 0 spiro atoms. The zero-order chi connectivity index (χ0) is 20.7. The van der Waals surface area contributed by atoms with Crippen molar-refractivity contribution in [2.75, 3.05) is 18.4 Å². The second kappa shape index (κ2) is 9.84. The van der Waals surface area contributed by atoms with E-state index in [1.807, 2.05) is 20.8 Å². The number of amides is 1. The molecule has 8 heteroatoms. The maximum Gasteiger partial charge on any atom is 0.256 e. The Labute approximate surface area is 167 Å². The van der Waals surface area contributed by atoms with Crippen molar-refractivity contribution in [3.8, 4) is 0 Å². The van der Waals surface area contributed by atoms with Gasteiger partial charge in [0.05, 0.1) is 10.6 Å². The van der Waals surface area contributed by atoms with Gasteiger partial charge >= 0.3 is 0 Å². The lowest BCUT2D eigenvalue weighted by Crippen LogP contribution is -2.33. The quantitative estimate of drug-likeness (QED) is 0.654. The van der Waals surface area contributed by atoms with Crippen molar-refractivity contribution in [3.05, 3.63) is 41.6 Å². The Bertz CT molecular complexity index is 881. The first-order valence-electron chi connectivity index (χ1n) is 9.71. The summed E-state index contributed by atoms with van der Waals surface area (Å²) >= 11 is 0. The van der Waals surface area contributed by atoms with Crippen molar-refractivity contribution in [1.82, 2.24) is 14.1 Å². The lowest BCUT2D eigenvalue weighted by atomic mass is 10.2. The van der Waals surface area contributed by atoms with Gasteiger partial charge in [0.2, 0.25) is 10.0 Å². The van der Waals surface area contributed by atoms with E-state index in [2.05, 4.69) is 10.4 Å². The summed E-state index contributed by atoms with van der Waals surface area (Å²) in [6.45, 7) is 6.96. The first-order valence-corrected chi connectivity index (χ1v) is 11.2. The summed E-state index contributed by atoms with van der Waals surface area (Å²) in [6, 6.07) is 7.87. The van der Waals surface area contributed by atoms with Crippen molar-refractivity contribution in [3.63, 3.8) is 0 Å². The molecule has 1 aromatic carbocycles. The molecule has 28 heavy (non-hydrogen) atoms. The molecule has 0 fully saturated rings. The van der Waals surface area contributed by atoms with Crippen LogP contribution in [0.2, 0.25) is 0 Å². The van der Waals surface area contributed by atoms with E-state index in [9.17, 15) is 13.2 Å². The summed E-state index contributed by atoms with van der Waals surface area (Å²) in [6.07, 6.45) is 3.52. The molecule has 7 nitrogen and oxygen atoms in total. The topological polar surface area (TPSA) is 84.3 Å². The Balaban J connectivity index is 2.16. The number of nitrogens with one attached hydrogen (secondary N) is 1. The van der Waals surface area contributed by atoms with Crippen LogP contribution < -0.4 is 5.32 Å². The summed E-state index contributed by atoms with van der Waals surface area (Å²) < 4.78 is 29.1. The zero-order valence-corrected chi connectivity index (χ0v) is 17.9. The number of nitrogens with zero attached hydrogens (tertiary/aromatic N) is 3. The summed E-state index contributed by atoms with van der Waals surface area (Å²) in [5.74, 6) is 0.283. The highest BCUT2D eigenvalue weighted by atomic mass is 32.2. The fourth-order valence-electron chi connectivity index (χ4n) is 2.86. The van der Waals surface area contributed by atoms with Crippen molar-refractivity contribution in [2.24, 2.45) is 7.05 Å². The Kier molecular flexibility index (Phi) is 7.77. The minimum absolute atomic E-state index is 0.215. The summed E-state index contributed by atoms with van der Waals surface area (Å²) in [4.78, 5) is 12.7. The van der Waals surface area contributed by atoms with Crippen molar-refractivity contribution in [1.29, 1.82) is 0 Å². The molecule has 2 aromatic rings. The molecule has 154 valence electrons. The third kappa shape index (κ3) is 5.42. The predicted octanol–water partition coefficient (Wildman–Crippen LogP) is 3.57. The molecule has 0 radical (unpaired) electrons. The maximum absolute atomic E-state index is 13.0. The van der Waals surface area contributed by atoms with Gasteiger partial charge in [-0.2, -0.15) is 9.40 Å². The predicted molar refractivity (Wildman–Crippen MR) is 111 cm³/mol. The second-order valence-electron chi connectivity index (χ2n) is 6.88. The lowest BCUT2D eigenvalue weighted by Gasteiger charge is -2.22. The molecule has 0 aliphatic carbocycles. The third-order valence-corrected chi connectivity index (χ3v) is 6.43. The van der Waals surface area contributed by atoms with Crippen molar-refractivity contribution >= 4 is 21.7 Å². The van der Waals surface area contributed by atoms with Crippen LogP contribution >= 0.6 is 0 Å². The average Bonchev–Trinajstić information content (AvgIpc) is 2.98. The largest absolute Gasteiger partial charge is 0.307 e. The standard InChI is InChI=1S/C20H30N4O3S/c1-5-7-13-24(14-8-6-2)28(26,27)18-11-9-17(10-12-18)20(25)21-19-15-16(3)22-23(19)4/h9-12,15H,5-8,13-14H2,1-4H3,(H,21,25). The third-order valence-electron chi connectivity index (χ3n) is 4.52. The number of hydrogen-bond donors (Lipinski definition) is 1. The number of rotatable bonds is 10. The van der Waals surface area contributed by atoms with Gasteiger partial charge in [-0.25, -0.2) is 8.42 Å². The minimum atomic E-state index is -3.56. The van der Waals surface area contributed by atoms with E-state index >= 15 is 0 Å². The molecule has 1 heterocycles. The molecule has 2 rings (SSSR count). The number of unbranched alkanes of at least 4 members (excludes halogenated alkanes) is 2. The Morgan fingerprint density at radius 2 is 1.68 bits per heavy atom. The van der Waals surface area contributed by atoms with Gasteiger partial charge in [0.15, 0.2) is 0 Å². The summed E-state index contributed by atoms with van der Waals surface area (Å²) in [5, 5.41) is 6.98. The number of anilines is 1. The number of aryl methyl sites for hydroxylation is 2. The number of carbonyl (C=O) groups excluding carboxylic acids is 1. The van der Waals surface area contributed by atoms with Crippen LogP contribution in [0, 0.1) is 6.92 Å². The van der Waals surface area contributed by atoms with Gasteiger partial charge in [-0.15, -0.1) is 0 Å². The number of sulfonamides is 1. The molecular weight excluding hydrogens is 376 g/mol. The number of benzene rings is 1. The van der Waals surface area contributed by atoms with Gasteiger partial charge in [-0.1, -0.05) is 26.7 Å². The van der Waals surface area contributed by atoms with Gasteiger partial charge in [-0.05, 0) is 44.0 Å². The second-order valence-corrected chi connectivity index (χ2v) is 8.82. The minimum Gasteiger partial charge on any atom is -0.307 e. The van der Waals surface area contributed by atoms with Crippen LogP contribution in [0.1, 0.15) is 55.6 Å². The molecule has 0 aliphatic rings. The van der Waals surface area contributed by atoms with Crippen LogP contribution in [-0.4, -0.2) is 41.5 Å². The zero-order valence-electron chi connectivity index (χ0n) is 17.1. The van der Waals surface area contributed by atoms with Crippen molar-refractivity contribution in [2.45, 2.75) is 51.3 Å². The molecule has 0 saturated heterocycles. The Morgan fingerprint density at radius 1 is 1.11 bits per heavy atom. The van der Waals surface area contributed by atoms with E-state index in [0.29, 0.717) is 24.5 Å². The maximum atomic E-state index is 13.0. The summed E-state index contributed by atoms with van der Waals surface area (Å²) in [7, 11) is -1.81. The fourth-order valence-corrected chi connectivity index (χ4v) is 4.38. The number of carbonyl (C=O) groups is 1. The van der Waals surface area contributed by atoms with Crippen LogP contribution in [0.4, 0.5) is 5.82 Å². The number of aromatic nitrogens is 2. The molecule has 1 N–H and O–H groups in total. The number of hydrogen-bond acceptors (Lipinski definition) is 4. The van der Waals surface area contributed by atoms with Gasteiger partial charge in [0.1, 0.15) is 5.82 Å². The molecule has 0 saturated carbocycles. The molecule has 0 aliphatic heterocycles. The van der Waals surface area contributed by atoms with E-state index in [4.69, 9.17) is 0 Å². The highest BCUT2D eigenvalue weighted by Gasteiger charge is 2.23. The summed E-state index contributed by atoms with van der Waals surface area (Å²) in [5.41, 5.74) is 1.20. The molecule has 0 atom stereocenters. The van der Waals surface area contributed by atoms with E-state index in [1.54, 1.807) is 34.2 Å². The first kappa shape index (κ1) is 22.1. The molecule has 1 aromatic heterocycles. The highest BCUT2D eigenvalue weighted by molar-refractivity contribution is 7.89. The van der Waals surface area contributed by atoms with Crippen LogP contribution in [-0.2, 0) is 17.1 Å². The first-order chi connectivity index (χ1) is 13.3. The van der Waals surface area contributed by atoms with Gasteiger partial charge < -0.3 is 5.32 Å². The fraction of sp³-hybridized carbons (Fsp3) is 0.500. The van der Waals surface area contributed by atoms with Gasteiger partial charge in [0.25, 0.3) is 5.91 Å². The molecule has 0 unspecified atom stereocenters. The highest BCUT2D eigenvalue weighted by Crippen LogP contribution is 2.19. The Hall–Kier alpha value is -2.19. The van der Waals surface area contributed by atoms with E-state index in [0.717, 1.165) is 31.4 Å². The van der Waals surface area contributed by atoms with E-state index in [-0.39, 0.29) is 10.8 Å². The molecular formula is C20H30N4O3S. The van der Waals surface area contributed by atoms with E-state index in [1.165, 1.54) is 12.1 Å². The van der Waals surface area contributed by atoms with Gasteiger partial charge in [0, 0.05) is 31.8 Å². The molecule has 1 amide bonds. The van der Waals surface area contributed by atoms with Crippen molar-refractivity contribution < 1.29 is 13.2 Å². The normalized spacial score (nSPS) is 11.8. The lowest BCUT2D eigenvalue weighted by molar-refractivity contribution is 0.102. The van der Waals surface area contributed by atoms with E-state index < -0.39 is 10.0 Å². The Morgan fingerprint density at radius 3 is 2.14 bits per heavy atom. The SMILES string of the molecule is CCCCN(CCCC)S(=O)(=O)c1ccc(C(=O)Nc2cc(C)nn2C)cc1. The molecule has 0 bridgehead atoms.